The highest BCUT2D eigenvalue weighted by Crippen LogP contribution is 2.33. The van der Waals surface area contributed by atoms with Crippen LogP contribution in [0.25, 0.3) is 10.1 Å². The molecule has 3 nitrogen and oxygen atoms in total. The van der Waals surface area contributed by atoms with Crippen molar-refractivity contribution in [3.63, 3.8) is 0 Å². The first-order valence-corrected chi connectivity index (χ1v) is 8.42. The van der Waals surface area contributed by atoms with Crippen molar-refractivity contribution in [2.45, 2.75) is 44.7 Å². The molecule has 21 heavy (non-hydrogen) atoms. The highest BCUT2D eigenvalue weighted by atomic mass is 32.1. The molecule has 4 heteroatoms. The second-order valence-corrected chi connectivity index (χ2v) is 6.97. The third-order valence-electron chi connectivity index (χ3n) is 4.50. The third-order valence-corrected chi connectivity index (χ3v) is 5.70. The van der Waals surface area contributed by atoms with Crippen molar-refractivity contribution in [1.82, 2.24) is 4.90 Å². The lowest BCUT2D eigenvalue weighted by atomic mass is 9.94. The Balaban J connectivity index is 1.91. The van der Waals surface area contributed by atoms with Gasteiger partial charge in [-0.2, -0.15) is 0 Å². The van der Waals surface area contributed by atoms with E-state index < -0.39 is 5.97 Å². The van der Waals surface area contributed by atoms with Gasteiger partial charge in [0.25, 0.3) is 0 Å². The van der Waals surface area contributed by atoms with Gasteiger partial charge < -0.3 is 5.11 Å². The van der Waals surface area contributed by atoms with E-state index in [0.717, 1.165) is 22.2 Å². The molecular formula is C17H21NO2S. The Morgan fingerprint density at radius 3 is 2.71 bits per heavy atom. The zero-order valence-electron chi connectivity index (χ0n) is 12.3. The molecule has 0 radical (unpaired) electrons. The number of hydrogen-bond acceptors (Lipinski definition) is 3. The van der Waals surface area contributed by atoms with E-state index in [1.807, 2.05) is 24.3 Å². The van der Waals surface area contributed by atoms with Crippen molar-refractivity contribution in [2.75, 3.05) is 7.05 Å². The van der Waals surface area contributed by atoms with Gasteiger partial charge in [-0.1, -0.05) is 37.5 Å². The lowest BCUT2D eigenvalue weighted by molar-refractivity contribution is 0.0699. The fraction of sp³-hybridized carbons (Fsp3) is 0.471. The summed E-state index contributed by atoms with van der Waals surface area (Å²) in [4.78, 5) is 14.4. The standard InChI is InChI=1S/C17H21NO2S/c1-18(12-7-3-2-4-8-12)11-14-13-9-5-6-10-15(13)21-16(14)17(19)20/h5-6,9-10,12H,2-4,7-8,11H2,1H3,(H,19,20). The quantitative estimate of drug-likeness (QED) is 0.912. The molecule has 0 spiro atoms. The van der Waals surface area contributed by atoms with Gasteiger partial charge in [-0.15, -0.1) is 11.3 Å². The lowest BCUT2D eigenvalue weighted by Crippen LogP contribution is -2.33. The van der Waals surface area contributed by atoms with Crippen LogP contribution < -0.4 is 0 Å². The molecule has 0 bridgehead atoms. The van der Waals surface area contributed by atoms with E-state index >= 15 is 0 Å². The number of aromatic carboxylic acids is 1. The molecule has 0 saturated heterocycles. The molecule has 1 saturated carbocycles. The van der Waals surface area contributed by atoms with Crippen LogP contribution in [-0.4, -0.2) is 29.1 Å². The van der Waals surface area contributed by atoms with E-state index in [4.69, 9.17) is 0 Å². The number of carboxylic acid groups (broad SMARTS) is 1. The summed E-state index contributed by atoms with van der Waals surface area (Å²) in [5.41, 5.74) is 0.983. The smallest absolute Gasteiger partial charge is 0.346 e. The molecule has 3 rings (SSSR count). The van der Waals surface area contributed by atoms with E-state index in [-0.39, 0.29) is 0 Å². The second kappa shape index (κ2) is 6.16. The van der Waals surface area contributed by atoms with Gasteiger partial charge in [0.1, 0.15) is 4.88 Å². The van der Waals surface area contributed by atoms with E-state index in [1.165, 1.54) is 43.4 Å². The molecule has 1 aromatic carbocycles. The second-order valence-electron chi connectivity index (χ2n) is 5.92. The van der Waals surface area contributed by atoms with Crippen LogP contribution in [-0.2, 0) is 6.54 Å². The predicted octanol–water partition coefficient (Wildman–Crippen LogP) is 4.36. The van der Waals surface area contributed by atoms with Crippen LogP contribution >= 0.6 is 11.3 Å². The van der Waals surface area contributed by atoms with Crippen molar-refractivity contribution >= 4 is 27.4 Å². The van der Waals surface area contributed by atoms with Crippen LogP contribution in [0.15, 0.2) is 24.3 Å². The zero-order chi connectivity index (χ0) is 14.8. The van der Waals surface area contributed by atoms with E-state index in [0.29, 0.717) is 10.9 Å². The Hall–Kier alpha value is -1.39. The van der Waals surface area contributed by atoms with Gasteiger partial charge in [0.15, 0.2) is 0 Å². The molecular weight excluding hydrogens is 282 g/mol. The number of benzene rings is 1. The van der Waals surface area contributed by atoms with Crippen LogP contribution in [0.4, 0.5) is 0 Å². The highest BCUT2D eigenvalue weighted by molar-refractivity contribution is 7.21. The minimum atomic E-state index is -0.803. The van der Waals surface area contributed by atoms with Crippen LogP contribution in [0.5, 0.6) is 0 Å². The Labute approximate surface area is 129 Å². The molecule has 112 valence electrons. The molecule has 0 unspecified atom stereocenters. The summed E-state index contributed by atoms with van der Waals surface area (Å²) >= 11 is 1.39. The Morgan fingerprint density at radius 1 is 1.29 bits per heavy atom. The normalized spacial score (nSPS) is 16.7. The number of thiophene rings is 1. The van der Waals surface area contributed by atoms with Crippen molar-refractivity contribution < 1.29 is 9.90 Å². The highest BCUT2D eigenvalue weighted by Gasteiger charge is 2.23. The Kier molecular flexibility index (Phi) is 4.27. The summed E-state index contributed by atoms with van der Waals surface area (Å²) in [6.07, 6.45) is 6.41. The third kappa shape index (κ3) is 2.97. The zero-order valence-corrected chi connectivity index (χ0v) is 13.2. The van der Waals surface area contributed by atoms with Crippen molar-refractivity contribution in [3.8, 4) is 0 Å². The van der Waals surface area contributed by atoms with Crippen LogP contribution in [0.1, 0.15) is 47.3 Å². The van der Waals surface area contributed by atoms with Gasteiger partial charge in [0.2, 0.25) is 0 Å². The van der Waals surface area contributed by atoms with Gasteiger partial charge in [0.05, 0.1) is 0 Å². The Morgan fingerprint density at radius 2 is 2.00 bits per heavy atom. The SMILES string of the molecule is CN(Cc1c(C(=O)O)sc2ccccc12)C1CCCCC1. The molecule has 1 fully saturated rings. The molecule has 1 aromatic heterocycles. The summed E-state index contributed by atoms with van der Waals surface area (Å²) in [6.45, 7) is 0.732. The Bertz CT molecular complexity index is 643. The summed E-state index contributed by atoms with van der Waals surface area (Å²) in [5, 5.41) is 10.6. The van der Waals surface area contributed by atoms with E-state index in [9.17, 15) is 9.90 Å². The first-order chi connectivity index (χ1) is 10.2. The van der Waals surface area contributed by atoms with Crippen molar-refractivity contribution in [2.24, 2.45) is 0 Å². The average Bonchev–Trinajstić information content (AvgIpc) is 2.87. The molecule has 2 aromatic rings. The number of carboxylic acids is 1. The first-order valence-electron chi connectivity index (χ1n) is 7.61. The van der Waals surface area contributed by atoms with Crippen molar-refractivity contribution in [3.05, 3.63) is 34.7 Å². The maximum absolute atomic E-state index is 11.5. The van der Waals surface area contributed by atoms with Gasteiger partial charge in [-0.3, -0.25) is 4.90 Å². The number of hydrogen-bond donors (Lipinski definition) is 1. The maximum Gasteiger partial charge on any atom is 0.346 e. The van der Waals surface area contributed by atoms with Crippen LogP contribution in [0.2, 0.25) is 0 Å². The fourth-order valence-electron chi connectivity index (χ4n) is 3.33. The van der Waals surface area contributed by atoms with Gasteiger partial charge in [-0.05, 0) is 36.9 Å². The number of nitrogens with zero attached hydrogens (tertiary/aromatic N) is 1. The molecule has 0 atom stereocenters. The maximum atomic E-state index is 11.5. The largest absolute Gasteiger partial charge is 0.477 e. The summed E-state index contributed by atoms with van der Waals surface area (Å²) in [6, 6.07) is 8.61. The van der Waals surface area contributed by atoms with Crippen LogP contribution in [0, 0.1) is 0 Å². The van der Waals surface area contributed by atoms with Gasteiger partial charge >= 0.3 is 5.97 Å². The lowest BCUT2D eigenvalue weighted by Gasteiger charge is -2.31. The van der Waals surface area contributed by atoms with Gasteiger partial charge in [-0.25, -0.2) is 4.79 Å². The molecule has 0 amide bonds. The number of fused-ring (bicyclic) bond motifs is 1. The number of carbonyl (C=O) groups is 1. The van der Waals surface area contributed by atoms with E-state index in [1.54, 1.807) is 0 Å². The van der Waals surface area contributed by atoms with E-state index in [2.05, 4.69) is 11.9 Å². The monoisotopic (exact) mass is 303 g/mol. The summed E-state index contributed by atoms with van der Waals surface area (Å²) in [7, 11) is 2.13. The molecule has 1 heterocycles. The van der Waals surface area contributed by atoms with Crippen LogP contribution in [0.3, 0.4) is 0 Å². The molecule has 1 aliphatic rings. The topological polar surface area (TPSA) is 40.5 Å². The molecule has 1 N–H and O–H groups in total. The van der Waals surface area contributed by atoms with Crippen molar-refractivity contribution in [1.29, 1.82) is 0 Å². The summed E-state index contributed by atoms with van der Waals surface area (Å²) in [5.74, 6) is -0.803. The molecule has 1 aliphatic carbocycles. The number of rotatable bonds is 4. The minimum Gasteiger partial charge on any atom is -0.477 e. The molecule has 0 aliphatic heterocycles. The fourth-order valence-corrected chi connectivity index (χ4v) is 4.38. The minimum absolute atomic E-state index is 0.499. The average molecular weight is 303 g/mol. The van der Waals surface area contributed by atoms with Gasteiger partial charge in [0, 0.05) is 17.3 Å². The summed E-state index contributed by atoms with van der Waals surface area (Å²) < 4.78 is 1.07. The predicted molar refractivity (Wildman–Crippen MR) is 87.1 cm³/mol. The first kappa shape index (κ1) is 14.5.